The fourth-order valence-corrected chi connectivity index (χ4v) is 4.78. The molecular weight excluding hydrogens is 326 g/mol. The summed E-state index contributed by atoms with van der Waals surface area (Å²) in [6.07, 6.45) is 0. The highest BCUT2D eigenvalue weighted by molar-refractivity contribution is 7.90. The number of nitrogens with zero attached hydrogens (tertiary/aromatic N) is 1. The van der Waals surface area contributed by atoms with Gasteiger partial charge in [-0.3, -0.25) is 0 Å². The average Bonchev–Trinajstić information content (AvgIpc) is 2.47. The van der Waals surface area contributed by atoms with Gasteiger partial charge >= 0.3 is 0 Å². The second-order valence-electron chi connectivity index (χ2n) is 4.82. The fourth-order valence-electron chi connectivity index (χ4n) is 1.90. The van der Waals surface area contributed by atoms with Crippen molar-refractivity contribution >= 4 is 20.0 Å². The van der Waals surface area contributed by atoms with E-state index in [0.29, 0.717) is 13.1 Å². The van der Waals surface area contributed by atoms with Gasteiger partial charge in [-0.05, 0) is 25.1 Å². The molecule has 0 spiro atoms. The summed E-state index contributed by atoms with van der Waals surface area (Å²) in [6, 6.07) is 4.89. The SMILES string of the molecule is CCN(CC)S(=O)(=O)c1cccc(S(=O)(=O)N[C@@H](C)CN)c1. The fraction of sp³-hybridized carbons (Fsp3) is 0.538. The predicted octanol–water partition coefficient (Wildman–Crippen LogP) is 0.343. The summed E-state index contributed by atoms with van der Waals surface area (Å²) in [5, 5.41) is 0. The molecule has 3 N–H and O–H groups in total. The maximum Gasteiger partial charge on any atom is 0.243 e. The van der Waals surface area contributed by atoms with Crippen LogP contribution in [0.3, 0.4) is 0 Å². The van der Waals surface area contributed by atoms with Crippen LogP contribution in [0.4, 0.5) is 0 Å². The van der Waals surface area contributed by atoms with Gasteiger partial charge in [0.25, 0.3) is 0 Å². The summed E-state index contributed by atoms with van der Waals surface area (Å²) < 4.78 is 53.0. The maximum absolute atomic E-state index is 12.4. The lowest BCUT2D eigenvalue weighted by Crippen LogP contribution is -2.37. The highest BCUT2D eigenvalue weighted by Crippen LogP contribution is 2.19. The topological polar surface area (TPSA) is 110 Å². The van der Waals surface area contributed by atoms with E-state index in [1.807, 2.05) is 0 Å². The largest absolute Gasteiger partial charge is 0.329 e. The molecule has 0 amide bonds. The van der Waals surface area contributed by atoms with Crippen LogP contribution < -0.4 is 10.5 Å². The van der Waals surface area contributed by atoms with Gasteiger partial charge in [-0.15, -0.1) is 0 Å². The number of sulfonamides is 2. The Kier molecular flexibility index (Phi) is 6.50. The lowest BCUT2D eigenvalue weighted by atomic mass is 10.4. The Morgan fingerprint density at radius 1 is 1.14 bits per heavy atom. The standard InChI is InChI=1S/C13H23N3O4S2/c1-4-16(5-2)22(19,20)13-8-6-7-12(9-13)21(17,18)15-11(3)10-14/h6-9,11,15H,4-5,10,14H2,1-3H3/t11-/m0/s1. The zero-order valence-electron chi connectivity index (χ0n) is 13.0. The van der Waals surface area contributed by atoms with Crippen molar-refractivity contribution in [3.8, 4) is 0 Å². The summed E-state index contributed by atoms with van der Waals surface area (Å²) in [4.78, 5) is -0.138. The minimum atomic E-state index is -3.81. The van der Waals surface area contributed by atoms with Gasteiger partial charge in [-0.2, -0.15) is 4.31 Å². The van der Waals surface area contributed by atoms with Gasteiger partial charge in [0.05, 0.1) is 9.79 Å². The summed E-state index contributed by atoms with van der Waals surface area (Å²) >= 11 is 0. The van der Waals surface area contributed by atoms with Crippen LogP contribution >= 0.6 is 0 Å². The number of nitrogens with one attached hydrogen (secondary N) is 1. The summed E-state index contributed by atoms with van der Waals surface area (Å²) in [5.41, 5.74) is 5.40. The van der Waals surface area contributed by atoms with Crippen molar-refractivity contribution in [3.63, 3.8) is 0 Å². The number of nitrogens with two attached hydrogens (primary N) is 1. The first-order valence-corrected chi connectivity index (χ1v) is 9.94. The second-order valence-corrected chi connectivity index (χ2v) is 8.47. The van der Waals surface area contributed by atoms with Crippen LogP contribution in [0, 0.1) is 0 Å². The van der Waals surface area contributed by atoms with Gasteiger partial charge < -0.3 is 5.73 Å². The van der Waals surface area contributed by atoms with E-state index in [-0.39, 0.29) is 16.3 Å². The van der Waals surface area contributed by atoms with E-state index in [9.17, 15) is 16.8 Å². The molecule has 22 heavy (non-hydrogen) atoms. The predicted molar refractivity (Wildman–Crippen MR) is 85.4 cm³/mol. The molecule has 126 valence electrons. The highest BCUT2D eigenvalue weighted by Gasteiger charge is 2.24. The Labute approximate surface area is 132 Å². The zero-order chi connectivity index (χ0) is 17.0. The number of hydrogen-bond donors (Lipinski definition) is 2. The molecule has 9 heteroatoms. The normalized spacial score (nSPS) is 14.2. The first-order valence-electron chi connectivity index (χ1n) is 7.01. The molecule has 0 aliphatic carbocycles. The summed E-state index contributed by atoms with van der Waals surface area (Å²) in [7, 11) is -7.51. The van der Waals surface area contributed by atoms with Crippen molar-refractivity contribution in [2.24, 2.45) is 5.73 Å². The van der Waals surface area contributed by atoms with Crippen LogP contribution in [0.2, 0.25) is 0 Å². The van der Waals surface area contributed by atoms with E-state index in [4.69, 9.17) is 5.73 Å². The first-order chi connectivity index (χ1) is 10.2. The molecule has 0 aliphatic heterocycles. The Balaban J connectivity index is 3.26. The van der Waals surface area contributed by atoms with Crippen molar-refractivity contribution < 1.29 is 16.8 Å². The van der Waals surface area contributed by atoms with Crippen LogP contribution in [0.5, 0.6) is 0 Å². The second kappa shape index (κ2) is 7.51. The number of rotatable bonds is 8. The highest BCUT2D eigenvalue weighted by atomic mass is 32.2. The minimum Gasteiger partial charge on any atom is -0.329 e. The number of benzene rings is 1. The maximum atomic E-state index is 12.4. The lowest BCUT2D eigenvalue weighted by Gasteiger charge is -2.19. The molecule has 0 saturated heterocycles. The van der Waals surface area contributed by atoms with Crippen LogP contribution in [0.25, 0.3) is 0 Å². The van der Waals surface area contributed by atoms with Crippen LogP contribution in [-0.2, 0) is 20.0 Å². The third kappa shape index (κ3) is 4.26. The molecule has 1 aromatic rings. The molecule has 7 nitrogen and oxygen atoms in total. The first kappa shape index (κ1) is 19.0. The molecule has 1 aromatic carbocycles. The number of hydrogen-bond acceptors (Lipinski definition) is 5. The lowest BCUT2D eigenvalue weighted by molar-refractivity contribution is 0.445. The molecule has 1 rings (SSSR count). The summed E-state index contributed by atoms with van der Waals surface area (Å²) in [5.74, 6) is 0. The zero-order valence-corrected chi connectivity index (χ0v) is 14.6. The Bertz CT molecular complexity index is 698. The molecule has 0 bridgehead atoms. The quantitative estimate of drug-likeness (QED) is 0.703. The van der Waals surface area contributed by atoms with E-state index in [1.54, 1.807) is 20.8 Å². The molecule has 0 saturated carbocycles. The van der Waals surface area contributed by atoms with Gasteiger partial charge in [-0.1, -0.05) is 19.9 Å². The van der Waals surface area contributed by atoms with Crippen molar-refractivity contribution in [3.05, 3.63) is 24.3 Å². The van der Waals surface area contributed by atoms with Gasteiger partial charge in [0.1, 0.15) is 0 Å². The molecular formula is C13H23N3O4S2. The molecule has 0 fully saturated rings. The van der Waals surface area contributed by atoms with E-state index >= 15 is 0 Å². The van der Waals surface area contributed by atoms with Crippen molar-refractivity contribution in [2.45, 2.75) is 36.6 Å². The Morgan fingerprint density at radius 2 is 1.68 bits per heavy atom. The van der Waals surface area contributed by atoms with Crippen LogP contribution in [0.1, 0.15) is 20.8 Å². The molecule has 0 aliphatic rings. The third-order valence-corrected chi connectivity index (χ3v) is 6.80. The summed E-state index contributed by atoms with van der Waals surface area (Å²) in [6.45, 7) is 5.87. The smallest absolute Gasteiger partial charge is 0.243 e. The average molecular weight is 349 g/mol. The van der Waals surface area contributed by atoms with E-state index in [2.05, 4.69) is 4.72 Å². The monoisotopic (exact) mass is 349 g/mol. The van der Waals surface area contributed by atoms with Gasteiger partial charge in [0.2, 0.25) is 20.0 Å². The van der Waals surface area contributed by atoms with Gasteiger partial charge in [0.15, 0.2) is 0 Å². The molecule has 1 atom stereocenters. The Hall–Kier alpha value is -1.00. The molecule has 0 radical (unpaired) electrons. The molecule has 0 aromatic heterocycles. The van der Waals surface area contributed by atoms with Crippen molar-refractivity contribution in [2.75, 3.05) is 19.6 Å². The van der Waals surface area contributed by atoms with E-state index in [1.165, 1.54) is 28.6 Å². The van der Waals surface area contributed by atoms with E-state index in [0.717, 1.165) is 0 Å². The molecule has 0 unspecified atom stereocenters. The van der Waals surface area contributed by atoms with Crippen LogP contribution in [0.15, 0.2) is 34.1 Å². The van der Waals surface area contributed by atoms with Gasteiger partial charge in [-0.25, -0.2) is 21.6 Å². The third-order valence-electron chi connectivity index (χ3n) is 3.17. The Morgan fingerprint density at radius 3 is 2.18 bits per heavy atom. The van der Waals surface area contributed by atoms with E-state index < -0.39 is 26.1 Å². The molecule has 0 heterocycles. The van der Waals surface area contributed by atoms with Crippen LogP contribution in [-0.4, -0.2) is 46.8 Å². The van der Waals surface area contributed by atoms with Crippen molar-refractivity contribution in [1.82, 2.24) is 9.03 Å². The van der Waals surface area contributed by atoms with Gasteiger partial charge in [0, 0.05) is 25.7 Å². The minimum absolute atomic E-state index is 0.0422. The van der Waals surface area contributed by atoms with Crippen molar-refractivity contribution in [1.29, 1.82) is 0 Å².